The summed E-state index contributed by atoms with van der Waals surface area (Å²) in [5.74, 6) is -1.21. The first-order valence-corrected chi connectivity index (χ1v) is 5.15. The van der Waals surface area contributed by atoms with E-state index in [0.29, 0.717) is 6.54 Å². The molecule has 1 N–H and O–H groups in total. The number of aryl methyl sites for hydroxylation is 1. The highest BCUT2D eigenvalue weighted by atomic mass is 79.9. The van der Waals surface area contributed by atoms with Crippen LogP contribution in [0.3, 0.4) is 0 Å². The van der Waals surface area contributed by atoms with Crippen LogP contribution in [0.1, 0.15) is 18.3 Å². The van der Waals surface area contributed by atoms with Gasteiger partial charge in [-0.05, 0) is 29.8 Å². The fourth-order valence-electron chi connectivity index (χ4n) is 1.19. The number of aliphatic carboxylic acids is 1. The molecule has 0 saturated carbocycles. The van der Waals surface area contributed by atoms with E-state index in [2.05, 4.69) is 21.0 Å². The van der Waals surface area contributed by atoms with Crippen LogP contribution >= 0.6 is 15.9 Å². The van der Waals surface area contributed by atoms with E-state index < -0.39 is 11.9 Å². The molecule has 0 spiro atoms. The molecule has 4 nitrogen and oxygen atoms in total. The number of hydrogen-bond acceptors (Lipinski definition) is 2. The fraction of sp³-hybridized carbons (Fsp3) is 0.556. The maximum atomic E-state index is 10.7. The first kappa shape index (κ1) is 11.2. The van der Waals surface area contributed by atoms with Crippen LogP contribution in [-0.2, 0) is 11.3 Å². The Morgan fingerprint density at radius 1 is 1.64 bits per heavy atom. The van der Waals surface area contributed by atoms with E-state index in [1.807, 2.05) is 13.8 Å². The van der Waals surface area contributed by atoms with Crippen molar-refractivity contribution >= 4 is 21.9 Å². The molecule has 78 valence electrons. The molecule has 0 fully saturated rings. The number of carboxylic acid groups (broad SMARTS) is 1. The van der Waals surface area contributed by atoms with E-state index in [-0.39, 0.29) is 0 Å². The molecule has 5 heteroatoms. The first-order chi connectivity index (χ1) is 6.43. The van der Waals surface area contributed by atoms with Gasteiger partial charge in [0.25, 0.3) is 0 Å². The zero-order valence-corrected chi connectivity index (χ0v) is 10.00. The van der Waals surface area contributed by atoms with E-state index in [1.54, 1.807) is 11.6 Å². The molecule has 0 saturated heterocycles. The molecule has 0 unspecified atom stereocenters. The Morgan fingerprint density at radius 3 is 2.57 bits per heavy atom. The number of hydrogen-bond donors (Lipinski definition) is 1. The van der Waals surface area contributed by atoms with Crippen molar-refractivity contribution < 1.29 is 9.90 Å². The molecule has 0 aromatic carbocycles. The lowest BCUT2D eigenvalue weighted by molar-refractivity contribution is -0.141. The Kier molecular flexibility index (Phi) is 3.31. The topological polar surface area (TPSA) is 55.1 Å². The highest BCUT2D eigenvalue weighted by Crippen LogP contribution is 2.20. The summed E-state index contributed by atoms with van der Waals surface area (Å²) in [7, 11) is 0. The summed E-state index contributed by atoms with van der Waals surface area (Å²) in [6.45, 7) is 5.89. The Bertz CT molecular complexity index is 360. The third-order valence-corrected chi connectivity index (χ3v) is 3.31. The first-order valence-electron chi connectivity index (χ1n) is 4.35. The average molecular weight is 261 g/mol. The van der Waals surface area contributed by atoms with E-state index in [0.717, 1.165) is 15.9 Å². The van der Waals surface area contributed by atoms with E-state index in [4.69, 9.17) is 5.11 Å². The third kappa shape index (κ3) is 2.15. The standard InChI is InChI=1S/C9H13BrN2O2/c1-5(9(13)14)4-12-7(3)8(10)6(2)11-12/h5H,4H2,1-3H3,(H,13,14)/t5-/m0/s1. The summed E-state index contributed by atoms with van der Waals surface area (Å²) < 4.78 is 2.67. The van der Waals surface area contributed by atoms with Gasteiger partial charge in [-0.2, -0.15) is 5.10 Å². The van der Waals surface area contributed by atoms with Gasteiger partial charge in [-0.3, -0.25) is 9.48 Å². The highest BCUT2D eigenvalue weighted by Gasteiger charge is 2.15. The molecule has 1 atom stereocenters. The Labute approximate surface area is 91.1 Å². The molecular formula is C9H13BrN2O2. The number of nitrogens with zero attached hydrogens (tertiary/aromatic N) is 2. The van der Waals surface area contributed by atoms with Crippen LogP contribution < -0.4 is 0 Å². The average Bonchev–Trinajstić information content (AvgIpc) is 2.33. The van der Waals surface area contributed by atoms with Crippen molar-refractivity contribution in [2.45, 2.75) is 27.3 Å². The molecule has 1 aromatic heterocycles. The fourth-order valence-corrected chi connectivity index (χ4v) is 1.47. The molecule has 0 aliphatic heterocycles. The molecule has 0 amide bonds. The lowest BCUT2D eigenvalue weighted by Crippen LogP contribution is -2.18. The van der Waals surface area contributed by atoms with Crippen LogP contribution in [-0.4, -0.2) is 20.9 Å². The van der Waals surface area contributed by atoms with Gasteiger partial charge in [-0.25, -0.2) is 0 Å². The van der Waals surface area contributed by atoms with Crippen molar-refractivity contribution in [1.82, 2.24) is 9.78 Å². The molecule has 14 heavy (non-hydrogen) atoms. The van der Waals surface area contributed by atoms with Gasteiger partial charge in [-0.15, -0.1) is 0 Å². The minimum atomic E-state index is -0.798. The minimum Gasteiger partial charge on any atom is -0.481 e. The van der Waals surface area contributed by atoms with Crippen molar-refractivity contribution in [3.63, 3.8) is 0 Å². The predicted molar refractivity (Wildman–Crippen MR) is 56.2 cm³/mol. The maximum Gasteiger partial charge on any atom is 0.308 e. The normalized spacial score (nSPS) is 12.9. The van der Waals surface area contributed by atoms with Crippen molar-refractivity contribution in [1.29, 1.82) is 0 Å². The molecule has 0 aliphatic carbocycles. The second-order valence-corrected chi connectivity index (χ2v) is 4.20. The van der Waals surface area contributed by atoms with Gasteiger partial charge in [0.2, 0.25) is 0 Å². The maximum absolute atomic E-state index is 10.7. The smallest absolute Gasteiger partial charge is 0.308 e. The highest BCUT2D eigenvalue weighted by molar-refractivity contribution is 9.10. The number of carboxylic acids is 1. The number of aromatic nitrogens is 2. The van der Waals surface area contributed by atoms with Gasteiger partial charge in [0.15, 0.2) is 0 Å². The Hall–Kier alpha value is -0.840. The van der Waals surface area contributed by atoms with Crippen LogP contribution in [0.15, 0.2) is 4.47 Å². The van der Waals surface area contributed by atoms with Crippen molar-refractivity contribution in [2.75, 3.05) is 0 Å². The van der Waals surface area contributed by atoms with Crippen molar-refractivity contribution in [2.24, 2.45) is 5.92 Å². The van der Waals surface area contributed by atoms with Gasteiger partial charge < -0.3 is 5.11 Å². The summed E-state index contributed by atoms with van der Waals surface area (Å²) in [5, 5.41) is 13.0. The number of carbonyl (C=O) groups is 1. The second kappa shape index (κ2) is 4.13. The monoisotopic (exact) mass is 260 g/mol. The second-order valence-electron chi connectivity index (χ2n) is 3.41. The lowest BCUT2D eigenvalue weighted by atomic mass is 10.2. The molecule has 0 aliphatic rings. The van der Waals surface area contributed by atoms with Crippen molar-refractivity contribution in [3.8, 4) is 0 Å². The van der Waals surface area contributed by atoms with E-state index in [1.165, 1.54) is 0 Å². The Balaban J connectivity index is 2.87. The van der Waals surface area contributed by atoms with Crippen LogP contribution in [0, 0.1) is 19.8 Å². The SMILES string of the molecule is Cc1nn(C[C@H](C)C(=O)O)c(C)c1Br. The summed E-state index contributed by atoms with van der Waals surface area (Å²) >= 11 is 3.40. The zero-order chi connectivity index (χ0) is 10.9. The van der Waals surface area contributed by atoms with Crippen LogP contribution in [0.25, 0.3) is 0 Å². The zero-order valence-electron chi connectivity index (χ0n) is 8.41. The molecular weight excluding hydrogens is 248 g/mol. The van der Waals surface area contributed by atoms with Gasteiger partial charge in [-0.1, -0.05) is 6.92 Å². The Morgan fingerprint density at radius 2 is 2.21 bits per heavy atom. The summed E-state index contributed by atoms with van der Waals surface area (Å²) in [5.41, 5.74) is 1.86. The predicted octanol–water partition coefficient (Wildman–Crippen LogP) is 1.98. The van der Waals surface area contributed by atoms with Gasteiger partial charge in [0, 0.05) is 5.69 Å². The van der Waals surface area contributed by atoms with Crippen molar-refractivity contribution in [3.05, 3.63) is 15.9 Å². The molecule has 0 bridgehead atoms. The van der Waals surface area contributed by atoms with Gasteiger partial charge in [0.05, 0.1) is 22.6 Å². The van der Waals surface area contributed by atoms with Gasteiger partial charge in [0.1, 0.15) is 0 Å². The van der Waals surface area contributed by atoms with E-state index >= 15 is 0 Å². The summed E-state index contributed by atoms with van der Waals surface area (Å²) in [6, 6.07) is 0. The molecule has 1 heterocycles. The molecule has 1 rings (SSSR count). The van der Waals surface area contributed by atoms with Gasteiger partial charge >= 0.3 is 5.97 Å². The molecule has 0 radical (unpaired) electrons. The third-order valence-electron chi connectivity index (χ3n) is 2.16. The number of rotatable bonds is 3. The lowest BCUT2D eigenvalue weighted by Gasteiger charge is -2.07. The minimum absolute atomic E-state index is 0.410. The molecule has 1 aromatic rings. The van der Waals surface area contributed by atoms with Crippen LogP contribution in [0.5, 0.6) is 0 Å². The summed E-state index contributed by atoms with van der Waals surface area (Å²) in [4.78, 5) is 10.7. The largest absolute Gasteiger partial charge is 0.481 e. The van der Waals surface area contributed by atoms with E-state index in [9.17, 15) is 4.79 Å². The van der Waals surface area contributed by atoms with Crippen LogP contribution in [0.4, 0.5) is 0 Å². The van der Waals surface area contributed by atoms with Crippen LogP contribution in [0.2, 0.25) is 0 Å². The number of halogens is 1. The summed E-state index contributed by atoms with van der Waals surface area (Å²) in [6.07, 6.45) is 0. The quantitative estimate of drug-likeness (QED) is 0.905.